The van der Waals surface area contributed by atoms with Gasteiger partial charge in [0.25, 0.3) is 15.9 Å². The summed E-state index contributed by atoms with van der Waals surface area (Å²) in [6.45, 7) is 9.69. The Bertz CT molecular complexity index is 1000. The maximum atomic E-state index is 13.1. The number of hydrogen-bond donors (Lipinski definition) is 1. The Kier molecular flexibility index (Phi) is 6.89. The molecular weight excluding hydrogens is 466 g/mol. The quantitative estimate of drug-likeness (QED) is 0.692. The van der Waals surface area contributed by atoms with Crippen LogP contribution in [0.1, 0.15) is 37.6 Å². The highest BCUT2D eigenvalue weighted by molar-refractivity contribution is 9.10. The van der Waals surface area contributed by atoms with E-state index in [1.165, 1.54) is 12.1 Å². The van der Waals surface area contributed by atoms with Crippen LogP contribution in [0.2, 0.25) is 0 Å². The fourth-order valence-electron chi connectivity index (χ4n) is 3.52. The second kappa shape index (κ2) is 9.08. The van der Waals surface area contributed by atoms with Gasteiger partial charge in [0.15, 0.2) is 0 Å². The van der Waals surface area contributed by atoms with Crippen molar-refractivity contribution in [1.29, 1.82) is 0 Å². The molecule has 2 aromatic rings. The number of halogens is 1. The molecule has 1 saturated heterocycles. The third-order valence-electron chi connectivity index (χ3n) is 5.22. The van der Waals surface area contributed by atoms with Gasteiger partial charge in [-0.2, -0.15) is 0 Å². The van der Waals surface area contributed by atoms with Crippen molar-refractivity contribution in [3.8, 4) is 0 Å². The number of carbonyl (C=O) groups excluding carboxylic acids is 1. The maximum absolute atomic E-state index is 13.1. The van der Waals surface area contributed by atoms with Crippen molar-refractivity contribution in [2.75, 3.05) is 30.9 Å². The maximum Gasteiger partial charge on any atom is 0.261 e. The zero-order valence-corrected chi connectivity index (χ0v) is 20.0. The lowest BCUT2D eigenvalue weighted by Gasteiger charge is -2.34. The molecule has 0 atom stereocenters. The van der Waals surface area contributed by atoms with E-state index in [9.17, 15) is 13.2 Å². The summed E-state index contributed by atoms with van der Waals surface area (Å²) in [5.74, 6) is -0.0737. The minimum atomic E-state index is -3.73. The predicted octanol–water partition coefficient (Wildman–Crippen LogP) is 4.20. The molecule has 1 heterocycles. The van der Waals surface area contributed by atoms with Gasteiger partial charge in [0.05, 0.1) is 4.90 Å². The first-order valence-corrected chi connectivity index (χ1v) is 12.3. The van der Waals surface area contributed by atoms with Gasteiger partial charge in [-0.15, -0.1) is 0 Å². The standard InChI is InChI=1S/C22H28BrN3O3S/c1-22(2,3)26-13-5-12-25(14-15-26)21(27)17-6-4-7-19(16-17)24-30(28,29)20-10-8-18(23)9-11-20/h4,6-11,16,24H,5,12-15H2,1-3H3. The molecule has 8 heteroatoms. The summed E-state index contributed by atoms with van der Waals surface area (Å²) in [5, 5.41) is 0. The molecule has 0 aromatic heterocycles. The van der Waals surface area contributed by atoms with Crippen LogP contribution in [0.15, 0.2) is 57.9 Å². The van der Waals surface area contributed by atoms with E-state index < -0.39 is 10.0 Å². The van der Waals surface area contributed by atoms with E-state index in [4.69, 9.17) is 0 Å². The van der Waals surface area contributed by atoms with Crippen LogP contribution in [0.25, 0.3) is 0 Å². The first-order chi connectivity index (χ1) is 14.1. The lowest BCUT2D eigenvalue weighted by Crippen LogP contribution is -2.44. The lowest BCUT2D eigenvalue weighted by atomic mass is 10.1. The second-order valence-electron chi connectivity index (χ2n) is 8.44. The highest BCUT2D eigenvalue weighted by Crippen LogP contribution is 2.21. The van der Waals surface area contributed by atoms with E-state index in [1.54, 1.807) is 36.4 Å². The SMILES string of the molecule is CC(C)(C)N1CCCN(C(=O)c2cccc(NS(=O)(=O)c3ccc(Br)cc3)c2)CC1. The molecule has 0 spiro atoms. The Hall–Kier alpha value is -1.90. The van der Waals surface area contributed by atoms with Crippen LogP contribution >= 0.6 is 15.9 Å². The third-order valence-corrected chi connectivity index (χ3v) is 7.14. The van der Waals surface area contributed by atoms with E-state index in [0.29, 0.717) is 24.3 Å². The van der Waals surface area contributed by atoms with Gasteiger partial charge in [-0.1, -0.05) is 22.0 Å². The van der Waals surface area contributed by atoms with Crippen molar-refractivity contribution < 1.29 is 13.2 Å². The van der Waals surface area contributed by atoms with Crippen molar-refractivity contribution in [2.24, 2.45) is 0 Å². The summed E-state index contributed by atoms with van der Waals surface area (Å²) in [4.78, 5) is 17.5. The third kappa shape index (κ3) is 5.62. The molecule has 1 aliphatic rings. The van der Waals surface area contributed by atoms with E-state index >= 15 is 0 Å². The molecule has 0 aliphatic carbocycles. The Morgan fingerprint density at radius 2 is 1.70 bits per heavy atom. The van der Waals surface area contributed by atoms with Gasteiger partial charge < -0.3 is 4.90 Å². The number of amides is 1. The summed E-state index contributed by atoms with van der Waals surface area (Å²) >= 11 is 3.30. The van der Waals surface area contributed by atoms with Gasteiger partial charge in [-0.05, 0) is 69.7 Å². The number of sulfonamides is 1. The van der Waals surface area contributed by atoms with Crippen molar-refractivity contribution >= 4 is 37.5 Å². The summed E-state index contributed by atoms with van der Waals surface area (Å²) in [7, 11) is -3.73. The molecular formula is C22H28BrN3O3S. The number of nitrogens with zero attached hydrogens (tertiary/aromatic N) is 2. The Morgan fingerprint density at radius 3 is 2.37 bits per heavy atom. The van der Waals surface area contributed by atoms with E-state index in [2.05, 4.69) is 46.3 Å². The van der Waals surface area contributed by atoms with Crippen LogP contribution in [-0.4, -0.2) is 55.8 Å². The molecule has 0 bridgehead atoms. The monoisotopic (exact) mass is 493 g/mol. The van der Waals surface area contributed by atoms with Crippen LogP contribution in [0.5, 0.6) is 0 Å². The molecule has 2 aromatic carbocycles. The molecule has 3 rings (SSSR count). The number of benzene rings is 2. The Labute approximate surface area is 187 Å². The van der Waals surface area contributed by atoms with Crippen molar-refractivity contribution in [3.63, 3.8) is 0 Å². The second-order valence-corrected chi connectivity index (χ2v) is 11.0. The molecule has 6 nitrogen and oxygen atoms in total. The van der Waals surface area contributed by atoms with Crippen LogP contribution in [-0.2, 0) is 10.0 Å². The van der Waals surface area contributed by atoms with Gasteiger partial charge in [0.1, 0.15) is 0 Å². The normalized spacial score (nSPS) is 16.2. The molecule has 1 N–H and O–H groups in total. The molecule has 0 radical (unpaired) electrons. The lowest BCUT2D eigenvalue weighted by molar-refractivity contribution is 0.0749. The minimum Gasteiger partial charge on any atom is -0.337 e. The van der Waals surface area contributed by atoms with Crippen molar-refractivity contribution in [2.45, 2.75) is 37.6 Å². The molecule has 1 amide bonds. The number of nitrogens with one attached hydrogen (secondary N) is 1. The summed E-state index contributed by atoms with van der Waals surface area (Å²) in [6, 6.07) is 13.1. The van der Waals surface area contributed by atoms with Crippen molar-refractivity contribution in [1.82, 2.24) is 9.80 Å². The largest absolute Gasteiger partial charge is 0.337 e. The molecule has 1 aliphatic heterocycles. The summed E-state index contributed by atoms with van der Waals surface area (Å²) < 4.78 is 28.7. The number of rotatable bonds is 4. The molecule has 0 saturated carbocycles. The topological polar surface area (TPSA) is 69.7 Å². The van der Waals surface area contributed by atoms with E-state index in [0.717, 1.165) is 24.0 Å². The van der Waals surface area contributed by atoms with Gasteiger partial charge in [-0.3, -0.25) is 14.4 Å². The number of hydrogen-bond acceptors (Lipinski definition) is 4. The fraction of sp³-hybridized carbons (Fsp3) is 0.409. The van der Waals surface area contributed by atoms with E-state index in [-0.39, 0.29) is 16.3 Å². The smallest absolute Gasteiger partial charge is 0.261 e. The first kappa shape index (κ1) is 22.8. The van der Waals surface area contributed by atoms with Gasteiger partial charge >= 0.3 is 0 Å². The van der Waals surface area contributed by atoms with Crippen molar-refractivity contribution in [3.05, 3.63) is 58.6 Å². The fourth-order valence-corrected chi connectivity index (χ4v) is 4.83. The van der Waals surface area contributed by atoms with Crippen LogP contribution in [0.4, 0.5) is 5.69 Å². The minimum absolute atomic E-state index is 0.0737. The summed E-state index contributed by atoms with van der Waals surface area (Å²) in [6.07, 6.45) is 0.916. The van der Waals surface area contributed by atoms with E-state index in [1.807, 2.05) is 4.90 Å². The van der Waals surface area contributed by atoms with Gasteiger partial charge in [-0.25, -0.2) is 8.42 Å². The average Bonchev–Trinajstić information content (AvgIpc) is 2.94. The Balaban J connectivity index is 1.73. The number of carbonyl (C=O) groups is 1. The zero-order chi connectivity index (χ0) is 21.9. The first-order valence-electron chi connectivity index (χ1n) is 9.99. The predicted molar refractivity (Wildman–Crippen MR) is 123 cm³/mol. The highest BCUT2D eigenvalue weighted by Gasteiger charge is 2.26. The summed E-state index contributed by atoms with van der Waals surface area (Å²) in [5.41, 5.74) is 0.926. The molecule has 30 heavy (non-hydrogen) atoms. The van der Waals surface area contributed by atoms with Crippen LogP contribution in [0.3, 0.4) is 0 Å². The molecule has 162 valence electrons. The zero-order valence-electron chi connectivity index (χ0n) is 17.6. The van der Waals surface area contributed by atoms with Gasteiger partial charge in [0, 0.05) is 47.4 Å². The van der Waals surface area contributed by atoms with Gasteiger partial charge in [0.2, 0.25) is 0 Å². The van der Waals surface area contributed by atoms with Crippen LogP contribution < -0.4 is 4.72 Å². The average molecular weight is 494 g/mol. The van der Waals surface area contributed by atoms with Crippen LogP contribution in [0, 0.1) is 0 Å². The molecule has 0 unspecified atom stereocenters. The number of anilines is 1. The Morgan fingerprint density at radius 1 is 1.00 bits per heavy atom. The molecule has 1 fully saturated rings. The highest BCUT2D eigenvalue weighted by atomic mass is 79.9.